The first kappa shape index (κ1) is 17.0. The Hall–Kier alpha value is -3.41. The number of hydrogen-bond acceptors (Lipinski definition) is 4. The fourth-order valence-corrected chi connectivity index (χ4v) is 3.16. The van der Waals surface area contributed by atoms with E-state index in [0.29, 0.717) is 5.69 Å². The van der Waals surface area contributed by atoms with E-state index >= 15 is 0 Å². The maximum absolute atomic E-state index is 12.8. The van der Waals surface area contributed by atoms with Crippen molar-refractivity contribution in [3.63, 3.8) is 0 Å². The molecule has 1 amide bonds. The van der Waals surface area contributed by atoms with E-state index in [0.717, 1.165) is 33.4 Å². The zero-order chi connectivity index (χ0) is 19.0. The minimum absolute atomic E-state index is 0.225. The van der Waals surface area contributed by atoms with Gasteiger partial charge in [-0.15, -0.1) is 0 Å². The average molecular weight is 359 g/mol. The molecular formula is C21H21N5O. The molecule has 1 atom stereocenters. The van der Waals surface area contributed by atoms with Gasteiger partial charge < -0.3 is 15.2 Å². The lowest BCUT2D eigenvalue weighted by atomic mass is 10.1. The fraction of sp³-hybridized carbons (Fsp3) is 0.190. The number of para-hydroxylation sites is 3. The second-order valence-electron chi connectivity index (χ2n) is 6.77. The van der Waals surface area contributed by atoms with Crippen molar-refractivity contribution in [1.82, 2.24) is 20.3 Å². The topological polar surface area (TPSA) is 73.9 Å². The van der Waals surface area contributed by atoms with Crippen LogP contribution in [0.3, 0.4) is 0 Å². The molecule has 0 aliphatic carbocycles. The third-order valence-corrected chi connectivity index (χ3v) is 4.57. The minimum atomic E-state index is -0.263. The molecule has 2 aromatic carbocycles. The van der Waals surface area contributed by atoms with Crippen molar-refractivity contribution in [1.29, 1.82) is 0 Å². The number of pyridine rings is 1. The summed E-state index contributed by atoms with van der Waals surface area (Å²) >= 11 is 0. The van der Waals surface area contributed by atoms with Crippen LogP contribution in [-0.4, -0.2) is 35.0 Å². The highest BCUT2D eigenvalue weighted by molar-refractivity contribution is 6.00. The molecule has 6 heteroatoms. The highest BCUT2D eigenvalue weighted by Gasteiger charge is 2.18. The van der Waals surface area contributed by atoms with Gasteiger partial charge in [-0.25, -0.2) is 9.97 Å². The molecule has 2 heterocycles. The number of aromatic amines is 1. The van der Waals surface area contributed by atoms with E-state index in [1.165, 1.54) is 0 Å². The smallest absolute Gasteiger partial charge is 0.270 e. The quantitative estimate of drug-likeness (QED) is 0.583. The Balaban J connectivity index is 1.64. The third kappa shape index (κ3) is 3.21. The average Bonchev–Trinajstić information content (AvgIpc) is 3.11. The molecule has 0 fully saturated rings. The van der Waals surface area contributed by atoms with E-state index in [2.05, 4.69) is 20.3 Å². The van der Waals surface area contributed by atoms with Crippen molar-refractivity contribution >= 4 is 33.5 Å². The molecule has 6 nitrogen and oxygen atoms in total. The number of imidazole rings is 1. The zero-order valence-corrected chi connectivity index (χ0v) is 15.5. The van der Waals surface area contributed by atoms with Gasteiger partial charge in [0, 0.05) is 25.2 Å². The monoisotopic (exact) mass is 359 g/mol. The van der Waals surface area contributed by atoms with Crippen LogP contribution in [-0.2, 0) is 0 Å². The number of rotatable bonds is 4. The molecule has 2 N–H and O–H groups in total. The Morgan fingerprint density at radius 3 is 2.48 bits per heavy atom. The van der Waals surface area contributed by atoms with E-state index in [4.69, 9.17) is 0 Å². The number of amides is 1. The Morgan fingerprint density at radius 1 is 1.04 bits per heavy atom. The minimum Gasteiger partial charge on any atom is -0.377 e. The van der Waals surface area contributed by atoms with Crippen LogP contribution in [0.25, 0.3) is 21.9 Å². The van der Waals surface area contributed by atoms with E-state index < -0.39 is 0 Å². The van der Waals surface area contributed by atoms with Gasteiger partial charge in [0.15, 0.2) is 0 Å². The lowest BCUT2D eigenvalue weighted by Crippen LogP contribution is -2.28. The van der Waals surface area contributed by atoms with E-state index in [9.17, 15) is 4.79 Å². The molecule has 2 aromatic heterocycles. The lowest BCUT2D eigenvalue weighted by Gasteiger charge is -2.17. The predicted molar refractivity (Wildman–Crippen MR) is 108 cm³/mol. The summed E-state index contributed by atoms with van der Waals surface area (Å²) in [5.41, 5.74) is 3.98. The van der Waals surface area contributed by atoms with Crippen LogP contribution in [0.5, 0.6) is 0 Å². The highest BCUT2D eigenvalue weighted by Crippen LogP contribution is 2.25. The summed E-state index contributed by atoms with van der Waals surface area (Å²) in [6, 6.07) is 17.2. The van der Waals surface area contributed by atoms with Gasteiger partial charge in [-0.1, -0.05) is 30.3 Å². The second kappa shape index (κ2) is 6.72. The van der Waals surface area contributed by atoms with Crippen LogP contribution in [0.15, 0.2) is 54.6 Å². The Kier molecular flexibility index (Phi) is 4.24. The first-order valence-corrected chi connectivity index (χ1v) is 8.85. The molecule has 27 heavy (non-hydrogen) atoms. The zero-order valence-electron chi connectivity index (χ0n) is 15.5. The molecule has 0 aliphatic rings. The molecule has 0 spiro atoms. The summed E-state index contributed by atoms with van der Waals surface area (Å²) in [5, 5.41) is 4.01. The molecule has 0 radical (unpaired) electrons. The van der Waals surface area contributed by atoms with Crippen molar-refractivity contribution in [2.75, 3.05) is 19.0 Å². The normalized spacial score (nSPS) is 12.3. The number of H-pyrrole nitrogens is 1. The number of benzene rings is 2. The van der Waals surface area contributed by atoms with Crippen molar-refractivity contribution in [2.45, 2.75) is 13.0 Å². The van der Waals surface area contributed by atoms with Crippen molar-refractivity contribution in [3.05, 3.63) is 66.1 Å². The Morgan fingerprint density at radius 2 is 1.74 bits per heavy atom. The van der Waals surface area contributed by atoms with Crippen LogP contribution in [0.2, 0.25) is 0 Å². The standard InChI is InChI=1S/C21H21N5O/c1-13(20-24-16-10-6-7-11-17(16)25-20)22-21(27)18-12-19(26(2)3)14-8-4-5-9-15(14)23-18/h4-13H,1-3H3,(H,22,27)(H,24,25)/t13-/m0/s1. The number of hydrogen-bond donors (Lipinski definition) is 2. The van der Waals surface area contributed by atoms with Crippen molar-refractivity contribution in [2.24, 2.45) is 0 Å². The highest BCUT2D eigenvalue weighted by atomic mass is 16.1. The summed E-state index contributed by atoms with van der Waals surface area (Å²) in [4.78, 5) is 27.2. The predicted octanol–water partition coefficient (Wildman–Crippen LogP) is 3.67. The van der Waals surface area contributed by atoms with Crippen molar-refractivity contribution < 1.29 is 4.79 Å². The van der Waals surface area contributed by atoms with Crippen LogP contribution in [0.1, 0.15) is 29.3 Å². The molecule has 0 unspecified atom stereocenters. The number of fused-ring (bicyclic) bond motifs is 2. The number of nitrogens with one attached hydrogen (secondary N) is 2. The first-order valence-electron chi connectivity index (χ1n) is 8.85. The van der Waals surface area contributed by atoms with Crippen LogP contribution in [0, 0.1) is 0 Å². The Labute approximate surface area is 157 Å². The summed E-state index contributed by atoms with van der Waals surface area (Å²) in [5.74, 6) is 0.495. The molecule has 4 rings (SSSR count). The van der Waals surface area contributed by atoms with Gasteiger partial charge in [0.25, 0.3) is 5.91 Å². The number of carbonyl (C=O) groups is 1. The van der Waals surface area contributed by atoms with Gasteiger partial charge in [-0.3, -0.25) is 4.79 Å². The van der Waals surface area contributed by atoms with Gasteiger partial charge in [-0.05, 0) is 31.2 Å². The van der Waals surface area contributed by atoms with Gasteiger partial charge in [0.1, 0.15) is 11.5 Å². The van der Waals surface area contributed by atoms with E-state index in [1.807, 2.05) is 80.5 Å². The summed E-state index contributed by atoms with van der Waals surface area (Å²) in [7, 11) is 3.92. The van der Waals surface area contributed by atoms with Gasteiger partial charge in [-0.2, -0.15) is 0 Å². The molecule has 0 saturated carbocycles. The van der Waals surface area contributed by atoms with Crippen molar-refractivity contribution in [3.8, 4) is 0 Å². The molecule has 136 valence electrons. The van der Waals surface area contributed by atoms with E-state index in [-0.39, 0.29) is 11.9 Å². The summed E-state index contributed by atoms with van der Waals surface area (Å²) in [6.07, 6.45) is 0. The largest absolute Gasteiger partial charge is 0.377 e. The molecule has 4 aromatic rings. The Bertz CT molecular complexity index is 1100. The number of nitrogens with zero attached hydrogens (tertiary/aromatic N) is 3. The SMILES string of the molecule is C[C@H](NC(=O)c1cc(N(C)C)c2ccccc2n1)c1nc2ccccc2[nH]1. The summed E-state index contributed by atoms with van der Waals surface area (Å²) in [6.45, 7) is 1.91. The van der Waals surface area contributed by atoms with Crippen LogP contribution >= 0.6 is 0 Å². The number of anilines is 1. The van der Waals surface area contributed by atoms with Crippen LogP contribution < -0.4 is 10.2 Å². The maximum Gasteiger partial charge on any atom is 0.270 e. The first-order chi connectivity index (χ1) is 13.0. The maximum atomic E-state index is 12.8. The molecular weight excluding hydrogens is 338 g/mol. The van der Waals surface area contributed by atoms with E-state index in [1.54, 1.807) is 0 Å². The van der Waals surface area contributed by atoms with Gasteiger partial charge in [0.2, 0.25) is 0 Å². The van der Waals surface area contributed by atoms with Gasteiger partial charge >= 0.3 is 0 Å². The van der Waals surface area contributed by atoms with Gasteiger partial charge in [0.05, 0.1) is 22.6 Å². The summed E-state index contributed by atoms with van der Waals surface area (Å²) < 4.78 is 0. The second-order valence-corrected chi connectivity index (χ2v) is 6.77. The molecule has 0 saturated heterocycles. The third-order valence-electron chi connectivity index (χ3n) is 4.57. The fourth-order valence-electron chi connectivity index (χ4n) is 3.16. The number of carbonyl (C=O) groups excluding carboxylic acids is 1. The molecule has 0 aliphatic heterocycles. The molecule has 0 bridgehead atoms. The number of aromatic nitrogens is 3. The lowest BCUT2D eigenvalue weighted by molar-refractivity contribution is 0.0934. The van der Waals surface area contributed by atoms with Crippen LogP contribution in [0.4, 0.5) is 5.69 Å².